The van der Waals surface area contributed by atoms with Gasteiger partial charge < -0.3 is 29.5 Å². The molecule has 1 aliphatic heterocycles. The number of hydrogen-bond donors (Lipinski definition) is 2. The number of piperidine rings is 1. The van der Waals surface area contributed by atoms with Gasteiger partial charge in [0, 0.05) is 12.6 Å². The fourth-order valence-electron chi connectivity index (χ4n) is 4.30. The fourth-order valence-corrected chi connectivity index (χ4v) is 4.30. The van der Waals surface area contributed by atoms with Crippen molar-refractivity contribution in [2.45, 2.75) is 38.5 Å². The van der Waals surface area contributed by atoms with E-state index in [-0.39, 0.29) is 18.3 Å². The highest BCUT2D eigenvalue weighted by Gasteiger charge is 2.25. The highest BCUT2D eigenvalue weighted by Crippen LogP contribution is 2.22. The number of nitrogens with zero attached hydrogens (tertiary/aromatic N) is 2. The monoisotopic (exact) mass is 505 g/mol. The van der Waals surface area contributed by atoms with Crippen LogP contribution < -0.4 is 19.7 Å². The van der Waals surface area contributed by atoms with Crippen LogP contribution in [-0.4, -0.2) is 61.1 Å². The molecule has 1 saturated heterocycles. The Morgan fingerprint density at radius 2 is 1.70 bits per heavy atom. The van der Waals surface area contributed by atoms with Gasteiger partial charge in [0.25, 0.3) is 0 Å². The fraction of sp³-hybridized carbons (Fsp3) is 0.379. The van der Waals surface area contributed by atoms with Crippen molar-refractivity contribution in [1.82, 2.24) is 10.3 Å². The van der Waals surface area contributed by atoms with Crippen molar-refractivity contribution in [3.8, 4) is 11.5 Å². The van der Waals surface area contributed by atoms with E-state index in [1.165, 1.54) is 0 Å². The third-order valence-electron chi connectivity index (χ3n) is 6.18. The second-order valence-corrected chi connectivity index (χ2v) is 8.95. The number of ether oxygens (including phenoxy) is 3. The number of aromatic nitrogens is 1. The van der Waals surface area contributed by atoms with E-state index in [1.54, 1.807) is 19.1 Å². The molecule has 1 atom stereocenters. The first-order chi connectivity index (χ1) is 18.1. The molecule has 4 rings (SSSR count). The topological polar surface area (TPSA) is 93.2 Å². The second kappa shape index (κ2) is 13.6. The standard InChI is InChI=1S/C29H35N3O5/c1-2-35-29(34)27-9-6-10-28(31-27)32(23-15-17-30-18-16-23)19-24(33)21-37-26-13-11-25(12-14-26)36-20-22-7-4-3-5-8-22/h3-14,23-24,30,33H,2,15-21H2,1H3. The zero-order chi connectivity index (χ0) is 25.9. The second-order valence-electron chi connectivity index (χ2n) is 8.95. The third-order valence-corrected chi connectivity index (χ3v) is 6.18. The van der Waals surface area contributed by atoms with E-state index >= 15 is 0 Å². The summed E-state index contributed by atoms with van der Waals surface area (Å²) in [4.78, 5) is 18.9. The molecule has 1 unspecified atom stereocenters. The molecule has 0 amide bonds. The number of aliphatic hydroxyl groups excluding tert-OH is 1. The maximum atomic E-state index is 12.2. The highest BCUT2D eigenvalue weighted by molar-refractivity contribution is 5.87. The SMILES string of the molecule is CCOC(=O)c1cccc(N(CC(O)COc2ccc(OCc3ccccc3)cc2)C2CCNCC2)n1. The summed E-state index contributed by atoms with van der Waals surface area (Å²) in [7, 11) is 0. The van der Waals surface area contributed by atoms with Crippen molar-refractivity contribution >= 4 is 11.8 Å². The normalized spacial score (nSPS) is 14.5. The van der Waals surface area contributed by atoms with Gasteiger partial charge in [-0.1, -0.05) is 36.4 Å². The molecule has 0 spiro atoms. The summed E-state index contributed by atoms with van der Waals surface area (Å²) in [5.74, 6) is 1.61. The quantitative estimate of drug-likeness (QED) is 0.359. The summed E-state index contributed by atoms with van der Waals surface area (Å²) < 4.78 is 16.8. The molecule has 2 N–H and O–H groups in total. The molecule has 1 aliphatic rings. The predicted molar refractivity (Wildman–Crippen MR) is 142 cm³/mol. The highest BCUT2D eigenvalue weighted by atomic mass is 16.5. The minimum atomic E-state index is -0.753. The van der Waals surface area contributed by atoms with Gasteiger partial charge in [-0.3, -0.25) is 0 Å². The Bertz CT molecular complexity index is 1100. The summed E-state index contributed by atoms with van der Waals surface area (Å²) >= 11 is 0. The third kappa shape index (κ3) is 7.93. The first-order valence-corrected chi connectivity index (χ1v) is 12.8. The lowest BCUT2D eigenvalue weighted by Crippen LogP contribution is -2.47. The molecule has 37 heavy (non-hydrogen) atoms. The van der Waals surface area contributed by atoms with E-state index < -0.39 is 12.1 Å². The average molecular weight is 506 g/mol. The van der Waals surface area contributed by atoms with Gasteiger partial charge in [-0.15, -0.1) is 0 Å². The lowest BCUT2D eigenvalue weighted by atomic mass is 10.0. The van der Waals surface area contributed by atoms with Crippen molar-refractivity contribution in [2.75, 3.05) is 37.7 Å². The van der Waals surface area contributed by atoms with Crippen LogP contribution in [0.2, 0.25) is 0 Å². The molecule has 196 valence electrons. The number of pyridine rings is 1. The Morgan fingerprint density at radius 1 is 1.00 bits per heavy atom. The van der Waals surface area contributed by atoms with E-state index in [0.717, 1.165) is 37.2 Å². The van der Waals surface area contributed by atoms with E-state index in [0.29, 0.717) is 31.3 Å². The molecule has 3 aromatic rings. The van der Waals surface area contributed by atoms with Crippen molar-refractivity contribution in [2.24, 2.45) is 0 Å². The summed E-state index contributed by atoms with van der Waals surface area (Å²) in [5.41, 5.74) is 1.37. The summed E-state index contributed by atoms with van der Waals surface area (Å²) in [6, 6.07) is 22.9. The van der Waals surface area contributed by atoms with Gasteiger partial charge in [0.15, 0.2) is 5.69 Å². The first-order valence-electron chi connectivity index (χ1n) is 12.8. The van der Waals surface area contributed by atoms with Crippen LogP contribution in [0.1, 0.15) is 35.8 Å². The number of carbonyl (C=O) groups is 1. The maximum absolute atomic E-state index is 12.2. The van der Waals surface area contributed by atoms with Crippen molar-refractivity contribution in [3.05, 3.63) is 84.1 Å². The van der Waals surface area contributed by atoms with Crippen molar-refractivity contribution < 1.29 is 24.1 Å². The number of anilines is 1. The minimum Gasteiger partial charge on any atom is -0.491 e. The molecule has 0 aliphatic carbocycles. The molecule has 1 aromatic heterocycles. The molecule has 0 saturated carbocycles. The minimum absolute atomic E-state index is 0.128. The van der Waals surface area contributed by atoms with Gasteiger partial charge in [-0.05, 0) is 74.8 Å². The van der Waals surface area contributed by atoms with E-state index in [4.69, 9.17) is 14.2 Å². The van der Waals surface area contributed by atoms with Crippen LogP contribution in [0.4, 0.5) is 5.82 Å². The molecular formula is C29H35N3O5. The number of hydrogen-bond acceptors (Lipinski definition) is 8. The van der Waals surface area contributed by atoms with Crippen LogP contribution in [0.3, 0.4) is 0 Å². The summed E-state index contributed by atoms with van der Waals surface area (Å²) in [6.45, 7) is 4.81. The van der Waals surface area contributed by atoms with Crippen LogP contribution in [0.25, 0.3) is 0 Å². The van der Waals surface area contributed by atoms with Crippen molar-refractivity contribution in [1.29, 1.82) is 0 Å². The number of aliphatic hydroxyl groups is 1. The zero-order valence-corrected chi connectivity index (χ0v) is 21.2. The number of carbonyl (C=O) groups excluding carboxylic acids is 1. The molecule has 0 bridgehead atoms. The molecule has 8 nitrogen and oxygen atoms in total. The molecule has 8 heteroatoms. The Balaban J connectivity index is 1.35. The van der Waals surface area contributed by atoms with Crippen molar-refractivity contribution in [3.63, 3.8) is 0 Å². The van der Waals surface area contributed by atoms with Gasteiger partial charge >= 0.3 is 5.97 Å². The van der Waals surface area contributed by atoms with Crippen LogP contribution in [0.5, 0.6) is 11.5 Å². The van der Waals surface area contributed by atoms with Crippen LogP contribution in [0, 0.1) is 0 Å². The van der Waals surface area contributed by atoms with Gasteiger partial charge in [0.2, 0.25) is 0 Å². The molecule has 0 radical (unpaired) electrons. The van der Waals surface area contributed by atoms with Gasteiger partial charge in [0.1, 0.15) is 36.6 Å². The Morgan fingerprint density at radius 3 is 2.41 bits per heavy atom. The van der Waals surface area contributed by atoms with Gasteiger partial charge in [-0.2, -0.15) is 0 Å². The molecule has 2 heterocycles. The van der Waals surface area contributed by atoms with Crippen LogP contribution >= 0.6 is 0 Å². The lowest BCUT2D eigenvalue weighted by molar-refractivity contribution is 0.0519. The average Bonchev–Trinajstić information content (AvgIpc) is 2.95. The van der Waals surface area contributed by atoms with E-state index in [1.807, 2.05) is 60.7 Å². The zero-order valence-electron chi connectivity index (χ0n) is 21.2. The number of benzene rings is 2. The summed E-state index contributed by atoms with van der Waals surface area (Å²) in [5, 5.41) is 14.2. The van der Waals surface area contributed by atoms with Gasteiger partial charge in [0.05, 0.1) is 6.61 Å². The van der Waals surface area contributed by atoms with Gasteiger partial charge in [-0.25, -0.2) is 9.78 Å². The summed E-state index contributed by atoms with van der Waals surface area (Å²) in [6.07, 6.45) is 1.09. The number of rotatable bonds is 12. The number of esters is 1. The maximum Gasteiger partial charge on any atom is 0.356 e. The van der Waals surface area contributed by atoms with E-state index in [2.05, 4.69) is 15.2 Å². The smallest absolute Gasteiger partial charge is 0.356 e. The predicted octanol–water partition coefficient (Wildman–Crippen LogP) is 3.84. The lowest BCUT2D eigenvalue weighted by Gasteiger charge is -2.36. The number of nitrogens with one attached hydrogen (secondary N) is 1. The first kappa shape index (κ1) is 26.4. The Labute approximate surface area is 218 Å². The molecule has 2 aromatic carbocycles. The molecule has 1 fully saturated rings. The van der Waals surface area contributed by atoms with Crippen LogP contribution in [-0.2, 0) is 11.3 Å². The van der Waals surface area contributed by atoms with Crippen LogP contribution in [0.15, 0.2) is 72.8 Å². The Kier molecular flexibility index (Phi) is 9.74. The largest absolute Gasteiger partial charge is 0.491 e. The Hall–Kier alpha value is -3.62. The van der Waals surface area contributed by atoms with E-state index in [9.17, 15) is 9.90 Å². The molecular weight excluding hydrogens is 470 g/mol.